The smallest absolute Gasteiger partial charge is 0.176 e. The number of Topliss-reactive ketones (excluding diaryl/α,β-unsaturated/α-hetero) is 1. The SMILES string of the molecule is O=C(CN1CCC(Oc2ccccc2)CC1)c1ccccc1. The van der Waals surface area contributed by atoms with Crippen LogP contribution in [0.25, 0.3) is 0 Å². The second-order valence-electron chi connectivity index (χ2n) is 5.70. The normalized spacial score (nSPS) is 16.4. The predicted molar refractivity (Wildman–Crippen MR) is 87.3 cm³/mol. The summed E-state index contributed by atoms with van der Waals surface area (Å²) in [5.41, 5.74) is 0.796. The van der Waals surface area contributed by atoms with E-state index in [0.717, 1.165) is 37.2 Å². The van der Waals surface area contributed by atoms with Crippen molar-refractivity contribution in [2.75, 3.05) is 19.6 Å². The average molecular weight is 295 g/mol. The van der Waals surface area contributed by atoms with Crippen molar-refractivity contribution < 1.29 is 9.53 Å². The summed E-state index contributed by atoms with van der Waals surface area (Å²) in [5.74, 6) is 1.13. The molecule has 1 aliphatic heterocycles. The highest BCUT2D eigenvalue weighted by Gasteiger charge is 2.22. The van der Waals surface area contributed by atoms with Crippen LogP contribution in [0.5, 0.6) is 5.75 Å². The highest BCUT2D eigenvalue weighted by Crippen LogP contribution is 2.18. The largest absolute Gasteiger partial charge is 0.490 e. The third-order valence-electron chi connectivity index (χ3n) is 4.04. The summed E-state index contributed by atoms with van der Waals surface area (Å²) in [5, 5.41) is 0. The van der Waals surface area contributed by atoms with Crippen molar-refractivity contribution in [2.24, 2.45) is 0 Å². The molecule has 3 heteroatoms. The van der Waals surface area contributed by atoms with E-state index in [4.69, 9.17) is 4.74 Å². The fraction of sp³-hybridized carbons (Fsp3) is 0.316. The minimum absolute atomic E-state index is 0.197. The van der Waals surface area contributed by atoms with Gasteiger partial charge in [0, 0.05) is 18.7 Å². The van der Waals surface area contributed by atoms with E-state index in [1.807, 2.05) is 60.7 Å². The Balaban J connectivity index is 1.47. The maximum atomic E-state index is 12.2. The average Bonchev–Trinajstić information content (AvgIpc) is 2.58. The van der Waals surface area contributed by atoms with E-state index >= 15 is 0 Å². The molecular formula is C19H21NO2. The monoisotopic (exact) mass is 295 g/mol. The predicted octanol–water partition coefficient (Wildman–Crippen LogP) is 3.41. The van der Waals surface area contributed by atoms with Crippen LogP contribution in [0, 0.1) is 0 Å². The summed E-state index contributed by atoms with van der Waals surface area (Å²) < 4.78 is 5.98. The van der Waals surface area contributed by atoms with E-state index in [1.165, 1.54) is 0 Å². The zero-order chi connectivity index (χ0) is 15.2. The molecule has 0 aliphatic carbocycles. The number of ether oxygens (including phenoxy) is 1. The molecule has 3 rings (SSSR count). The fourth-order valence-corrected chi connectivity index (χ4v) is 2.80. The van der Waals surface area contributed by atoms with E-state index in [1.54, 1.807) is 0 Å². The molecule has 3 nitrogen and oxygen atoms in total. The first-order valence-electron chi connectivity index (χ1n) is 7.83. The first kappa shape index (κ1) is 14.8. The van der Waals surface area contributed by atoms with Gasteiger partial charge in [0.05, 0.1) is 6.54 Å². The molecule has 114 valence electrons. The van der Waals surface area contributed by atoms with Crippen LogP contribution >= 0.6 is 0 Å². The molecule has 0 unspecified atom stereocenters. The van der Waals surface area contributed by atoms with E-state index in [-0.39, 0.29) is 11.9 Å². The van der Waals surface area contributed by atoms with Gasteiger partial charge in [-0.3, -0.25) is 9.69 Å². The minimum Gasteiger partial charge on any atom is -0.490 e. The number of hydrogen-bond donors (Lipinski definition) is 0. The summed E-state index contributed by atoms with van der Waals surface area (Å²) >= 11 is 0. The van der Waals surface area contributed by atoms with Crippen molar-refractivity contribution in [3.63, 3.8) is 0 Å². The van der Waals surface area contributed by atoms with Gasteiger partial charge in [0.2, 0.25) is 0 Å². The lowest BCUT2D eigenvalue weighted by atomic mass is 10.1. The van der Waals surface area contributed by atoms with Crippen LogP contribution in [-0.2, 0) is 0 Å². The van der Waals surface area contributed by atoms with Gasteiger partial charge in [-0.05, 0) is 25.0 Å². The highest BCUT2D eigenvalue weighted by atomic mass is 16.5. The standard InChI is InChI=1S/C19H21NO2/c21-19(16-7-3-1-4-8-16)15-20-13-11-18(12-14-20)22-17-9-5-2-6-10-17/h1-10,18H,11-15H2. The molecule has 0 saturated carbocycles. The Labute approximate surface area is 131 Å². The van der Waals surface area contributed by atoms with Crippen LogP contribution in [-0.4, -0.2) is 36.4 Å². The Morgan fingerprint density at radius 2 is 1.55 bits per heavy atom. The molecule has 2 aromatic rings. The molecule has 1 heterocycles. The molecule has 22 heavy (non-hydrogen) atoms. The molecule has 1 aliphatic rings. The number of benzene rings is 2. The van der Waals surface area contributed by atoms with Crippen LogP contribution in [0.15, 0.2) is 60.7 Å². The quantitative estimate of drug-likeness (QED) is 0.792. The van der Waals surface area contributed by atoms with Gasteiger partial charge in [0.15, 0.2) is 5.78 Å². The van der Waals surface area contributed by atoms with Crippen LogP contribution in [0.2, 0.25) is 0 Å². The molecule has 0 N–H and O–H groups in total. The number of carbonyl (C=O) groups excluding carboxylic acids is 1. The van der Waals surface area contributed by atoms with E-state index in [0.29, 0.717) is 6.54 Å². The first-order valence-corrected chi connectivity index (χ1v) is 7.83. The van der Waals surface area contributed by atoms with Gasteiger partial charge >= 0.3 is 0 Å². The Kier molecular flexibility index (Phi) is 4.86. The van der Waals surface area contributed by atoms with Gasteiger partial charge < -0.3 is 4.74 Å². The molecule has 0 amide bonds. The molecule has 0 atom stereocenters. The van der Waals surface area contributed by atoms with Gasteiger partial charge in [-0.25, -0.2) is 0 Å². The molecule has 2 aromatic carbocycles. The number of likely N-dealkylation sites (tertiary alicyclic amines) is 1. The first-order chi connectivity index (χ1) is 10.8. The van der Waals surface area contributed by atoms with Crippen molar-refractivity contribution in [3.05, 3.63) is 66.2 Å². The lowest BCUT2D eigenvalue weighted by molar-refractivity contribution is 0.0790. The Bertz CT molecular complexity index is 589. The number of hydrogen-bond acceptors (Lipinski definition) is 3. The number of nitrogens with zero attached hydrogens (tertiary/aromatic N) is 1. The number of para-hydroxylation sites is 1. The minimum atomic E-state index is 0.197. The molecule has 0 bridgehead atoms. The molecular weight excluding hydrogens is 274 g/mol. The summed E-state index contributed by atoms with van der Waals surface area (Å²) in [6, 6.07) is 19.5. The molecule has 0 aromatic heterocycles. The van der Waals surface area contributed by atoms with Gasteiger partial charge in [0.25, 0.3) is 0 Å². The number of rotatable bonds is 5. The Morgan fingerprint density at radius 3 is 2.18 bits per heavy atom. The van der Waals surface area contributed by atoms with Crippen LogP contribution in [0.3, 0.4) is 0 Å². The maximum Gasteiger partial charge on any atom is 0.176 e. The molecule has 1 saturated heterocycles. The van der Waals surface area contributed by atoms with Gasteiger partial charge in [-0.1, -0.05) is 48.5 Å². The zero-order valence-corrected chi connectivity index (χ0v) is 12.7. The van der Waals surface area contributed by atoms with Crippen molar-refractivity contribution in [2.45, 2.75) is 18.9 Å². The molecule has 1 fully saturated rings. The fourth-order valence-electron chi connectivity index (χ4n) is 2.80. The topological polar surface area (TPSA) is 29.5 Å². The van der Waals surface area contributed by atoms with E-state index < -0.39 is 0 Å². The van der Waals surface area contributed by atoms with Crippen molar-refractivity contribution in [3.8, 4) is 5.75 Å². The van der Waals surface area contributed by atoms with Crippen molar-refractivity contribution >= 4 is 5.78 Å². The van der Waals surface area contributed by atoms with Crippen LogP contribution < -0.4 is 4.74 Å². The lowest BCUT2D eigenvalue weighted by Crippen LogP contribution is -2.40. The summed E-state index contributed by atoms with van der Waals surface area (Å²) in [6.45, 7) is 2.33. The number of piperidine rings is 1. The van der Waals surface area contributed by atoms with E-state index in [9.17, 15) is 4.79 Å². The van der Waals surface area contributed by atoms with Crippen molar-refractivity contribution in [1.29, 1.82) is 0 Å². The summed E-state index contributed by atoms with van der Waals surface area (Å²) in [4.78, 5) is 14.4. The van der Waals surface area contributed by atoms with Crippen molar-refractivity contribution in [1.82, 2.24) is 4.90 Å². The van der Waals surface area contributed by atoms with Gasteiger partial charge in [-0.2, -0.15) is 0 Å². The second-order valence-corrected chi connectivity index (χ2v) is 5.70. The lowest BCUT2D eigenvalue weighted by Gasteiger charge is -2.31. The third kappa shape index (κ3) is 3.95. The Hall–Kier alpha value is -2.13. The third-order valence-corrected chi connectivity index (χ3v) is 4.04. The number of carbonyl (C=O) groups is 1. The maximum absolute atomic E-state index is 12.2. The highest BCUT2D eigenvalue weighted by molar-refractivity contribution is 5.97. The Morgan fingerprint density at radius 1 is 0.955 bits per heavy atom. The van der Waals surface area contributed by atoms with E-state index in [2.05, 4.69) is 4.90 Å². The zero-order valence-electron chi connectivity index (χ0n) is 12.7. The van der Waals surface area contributed by atoms with Crippen LogP contribution in [0.4, 0.5) is 0 Å². The number of ketones is 1. The summed E-state index contributed by atoms with van der Waals surface area (Å²) in [7, 11) is 0. The molecule has 0 spiro atoms. The second kappa shape index (κ2) is 7.23. The van der Waals surface area contributed by atoms with Gasteiger partial charge in [-0.15, -0.1) is 0 Å². The molecule has 0 radical (unpaired) electrons. The summed E-state index contributed by atoms with van der Waals surface area (Å²) in [6.07, 6.45) is 2.19. The van der Waals surface area contributed by atoms with Crippen LogP contribution in [0.1, 0.15) is 23.2 Å². The van der Waals surface area contributed by atoms with Gasteiger partial charge in [0.1, 0.15) is 11.9 Å².